The van der Waals surface area contributed by atoms with Crippen molar-refractivity contribution in [3.8, 4) is 0 Å². The topological polar surface area (TPSA) is 24.5 Å². The summed E-state index contributed by atoms with van der Waals surface area (Å²) in [4.78, 5) is 2.64. The second-order valence-corrected chi connectivity index (χ2v) is 4.02. The predicted molar refractivity (Wildman–Crippen MR) is 52.9 cm³/mol. The van der Waals surface area contributed by atoms with E-state index >= 15 is 0 Å². The minimum absolute atomic E-state index is 0.665. The molecule has 0 spiro atoms. The minimum Gasteiger partial charge on any atom is -0.378 e. The molecule has 0 aromatic heterocycles. The van der Waals surface area contributed by atoms with E-state index in [4.69, 9.17) is 4.74 Å². The zero-order chi connectivity index (χ0) is 9.10. The first-order valence-corrected chi connectivity index (χ1v) is 5.46. The van der Waals surface area contributed by atoms with Crippen molar-refractivity contribution in [1.82, 2.24) is 10.2 Å². The molecule has 2 atom stereocenters. The van der Waals surface area contributed by atoms with Crippen LogP contribution < -0.4 is 5.32 Å². The number of hydrogen-bond donors (Lipinski definition) is 1. The van der Waals surface area contributed by atoms with Crippen molar-refractivity contribution in [3.05, 3.63) is 0 Å². The van der Waals surface area contributed by atoms with Gasteiger partial charge in [0.05, 0.1) is 13.2 Å². The molecule has 0 bridgehead atoms. The lowest BCUT2D eigenvalue weighted by atomic mass is 10.1. The molecule has 1 N–H and O–H groups in total. The van der Waals surface area contributed by atoms with E-state index in [2.05, 4.69) is 17.1 Å². The summed E-state index contributed by atoms with van der Waals surface area (Å²) < 4.78 is 5.50. The molecule has 0 amide bonds. The Labute approximate surface area is 80.4 Å². The molecule has 2 fully saturated rings. The highest BCUT2D eigenvalue weighted by molar-refractivity contribution is 4.86. The van der Waals surface area contributed by atoms with Crippen LogP contribution in [-0.2, 0) is 4.74 Å². The Morgan fingerprint density at radius 1 is 1.54 bits per heavy atom. The normalized spacial score (nSPS) is 36.7. The Hall–Kier alpha value is -0.120. The van der Waals surface area contributed by atoms with Gasteiger partial charge in [-0.1, -0.05) is 6.92 Å². The summed E-state index contributed by atoms with van der Waals surface area (Å²) in [5, 5.41) is 3.43. The highest BCUT2D eigenvalue weighted by atomic mass is 16.5. The molecule has 3 heteroatoms. The van der Waals surface area contributed by atoms with Gasteiger partial charge in [-0.05, 0) is 19.4 Å². The summed E-state index contributed by atoms with van der Waals surface area (Å²) in [6.07, 6.45) is 2.53. The van der Waals surface area contributed by atoms with Gasteiger partial charge in [0.2, 0.25) is 0 Å². The van der Waals surface area contributed by atoms with Crippen molar-refractivity contribution in [2.24, 2.45) is 0 Å². The maximum atomic E-state index is 5.50. The molecule has 13 heavy (non-hydrogen) atoms. The lowest BCUT2D eigenvalue weighted by molar-refractivity contribution is -0.0262. The number of ether oxygens (including phenoxy) is 1. The van der Waals surface area contributed by atoms with Crippen LogP contribution in [-0.4, -0.2) is 49.8 Å². The summed E-state index contributed by atoms with van der Waals surface area (Å²) >= 11 is 0. The standard InChI is InChI=1S/C10H20N2O/c1-2-9-8-13-6-5-12(9)10-3-4-11-7-10/h9-11H,2-8H2,1H3. The van der Waals surface area contributed by atoms with E-state index in [-0.39, 0.29) is 0 Å². The first-order valence-electron chi connectivity index (χ1n) is 5.46. The molecule has 0 saturated carbocycles. The molecule has 0 aromatic carbocycles. The maximum Gasteiger partial charge on any atom is 0.0622 e. The third-order valence-electron chi connectivity index (χ3n) is 3.25. The number of morpholine rings is 1. The molecule has 0 aliphatic carbocycles. The lowest BCUT2D eigenvalue weighted by Gasteiger charge is -2.39. The van der Waals surface area contributed by atoms with Gasteiger partial charge in [-0.3, -0.25) is 4.90 Å². The zero-order valence-electron chi connectivity index (χ0n) is 8.46. The highest BCUT2D eigenvalue weighted by Crippen LogP contribution is 2.17. The Morgan fingerprint density at radius 3 is 3.15 bits per heavy atom. The van der Waals surface area contributed by atoms with Gasteiger partial charge in [-0.15, -0.1) is 0 Å². The van der Waals surface area contributed by atoms with Gasteiger partial charge in [0.1, 0.15) is 0 Å². The van der Waals surface area contributed by atoms with Crippen molar-refractivity contribution in [2.45, 2.75) is 31.8 Å². The monoisotopic (exact) mass is 184 g/mol. The minimum atomic E-state index is 0.665. The van der Waals surface area contributed by atoms with Crippen molar-refractivity contribution in [1.29, 1.82) is 0 Å². The molecule has 0 aromatic rings. The maximum absolute atomic E-state index is 5.50. The van der Waals surface area contributed by atoms with E-state index in [1.165, 1.54) is 25.9 Å². The van der Waals surface area contributed by atoms with Crippen LogP contribution in [0.15, 0.2) is 0 Å². The number of nitrogens with one attached hydrogen (secondary N) is 1. The molecule has 2 heterocycles. The van der Waals surface area contributed by atoms with Crippen molar-refractivity contribution >= 4 is 0 Å². The van der Waals surface area contributed by atoms with Crippen molar-refractivity contribution < 1.29 is 4.74 Å². The predicted octanol–water partition coefficient (Wildman–Crippen LogP) is 0.459. The fourth-order valence-corrected chi connectivity index (χ4v) is 2.42. The van der Waals surface area contributed by atoms with E-state index in [9.17, 15) is 0 Å². The van der Waals surface area contributed by atoms with Gasteiger partial charge in [0.25, 0.3) is 0 Å². The third kappa shape index (κ3) is 2.03. The van der Waals surface area contributed by atoms with Gasteiger partial charge < -0.3 is 10.1 Å². The second-order valence-electron chi connectivity index (χ2n) is 4.02. The summed E-state index contributed by atoms with van der Waals surface area (Å²) in [7, 11) is 0. The van der Waals surface area contributed by atoms with Crippen LogP contribution in [0.2, 0.25) is 0 Å². The summed E-state index contributed by atoms with van der Waals surface area (Å²) in [6, 6.07) is 1.44. The smallest absolute Gasteiger partial charge is 0.0622 e. The Bertz CT molecular complexity index is 155. The van der Waals surface area contributed by atoms with Crippen molar-refractivity contribution in [3.63, 3.8) is 0 Å². The molecule has 76 valence electrons. The number of rotatable bonds is 2. The van der Waals surface area contributed by atoms with E-state index < -0.39 is 0 Å². The number of nitrogens with zero attached hydrogens (tertiary/aromatic N) is 1. The summed E-state index contributed by atoms with van der Waals surface area (Å²) in [5.74, 6) is 0. The van der Waals surface area contributed by atoms with Crippen LogP contribution in [0.5, 0.6) is 0 Å². The average Bonchev–Trinajstić information content (AvgIpc) is 2.70. The van der Waals surface area contributed by atoms with Gasteiger partial charge in [-0.25, -0.2) is 0 Å². The van der Waals surface area contributed by atoms with Gasteiger partial charge in [0, 0.05) is 25.2 Å². The average molecular weight is 184 g/mol. The Morgan fingerprint density at radius 2 is 2.46 bits per heavy atom. The van der Waals surface area contributed by atoms with Crippen LogP contribution in [0.1, 0.15) is 19.8 Å². The van der Waals surface area contributed by atoms with Crippen molar-refractivity contribution in [2.75, 3.05) is 32.8 Å². The summed E-state index contributed by atoms with van der Waals surface area (Å²) in [6.45, 7) is 7.62. The fourth-order valence-electron chi connectivity index (χ4n) is 2.42. The van der Waals surface area contributed by atoms with Crippen LogP contribution in [0.4, 0.5) is 0 Å². The molecule has 2 saturated heterocycles. The van der Waals surface area contributed by atoms with Crippen LogP contribution >= 0.6 is 0 Å². The molecular formula is C10H20N2O. The van der Waals surface area contributed by atoms with E-state index in [1.807, 2.05) is 0 Å². The van der Waals surface area contributed by atoms with Crippen LogP contribution in [0.25, 0.3) is 0 Å². The van der Waals surface area contributed by atoms with E-state index in [0.29, 0.717) is 6.04 Å². The quantitative estimate of drug-likeness (QED) is 0.675. The third-order valence-corrected chi connectivity index (χ3v) is 3.25. The molecule has 2 unspecified atom stereocenters. The molecule has 0 radical (unpaired) electrons. The van der Waals surface area contributed by atoms with Gasteiger partial charge >= 0.3 is 0 Å². The van der Waals surface area contributed by atoms with E-state index in [1.54, 1.807) is 0 Å². The SMILES string of the molecule is CCC1COCCN1C1CCNC1. The fraction of sp³-hybridized carbons (Fsp3) is 1.00. The van der Waals surface area contributed by atoms with Crippen LogP contribution in [0.3, 0.4) is 0 Å². The summed E-state index contributed by atoms with van der Waals surface area (Å²) in [5.41, 5.74) is 0. The molecule has 2 aliphatic rings. The molecule has 3 nitrogen and oxygen atoms in total. The molecule has 2 aliphatic heterocycles. The highest BCUT2D eigenvalue weighted by Gasteiger charge is 2.29. The number of hydrogen-bond acceptors (Lipinski definition) is 3. The molecular weight excluding hydrogens is 164 g/mol. The Kier molecular flexibility index (Phi) is 3.19. The lowest BCUT2D eigenvalue weighted by Crippen LogP contribution is -2.51. The van der Waals surface area contributed by atoms with Gasteiger partial charge in [0.15, 0.2) is 0 Å². The Balaban J connectivity index is 1.93. The van der Waals surface area contributed by atoms with Crippen LogP contribution in [0, 0.1) is 0 Å². The van der Waals surface area contributed by atoms with E-state index in [0.717, 1.165) is 25.8 Å². The zero-order valence-corrected chi connectivity index (χ0v) is 8.46. The molecule has 2 rings (SSSR count). The first kappa shape index (κ1) is 9.44. The van der Waals surface area contributed by atoms with Gasteiger partial charge in [-0.2, -0.15) is 0 Å². The largest absolute Gasteiger partial charge is 0.378 e. The first-order chi connectivity index (χ1) is 6.42. The second kappa shape index (κ2) is 4.40.